The molecule has 0 unspecified atom stereocenters. The predicted octanol–water partition coefficient (Wildman–Crippen LogP) is 2.93. The van der Waals surface area contributed by atoms with E-state index in [9.17, 15) is 4.79 Å². The van der Waals surface area contributed by atoms with Crippen LogP contribution in [0.2, 0.25) is 0 Å². The number of carbonyl (C=O) groups is 1. The minimum Gasteiger partial charge on any atom is -0.497 e. The molecule has 0 fully saturated rings. The first kappa shape index (κ1) is 19.0. The highest BCUT2D eigenvalue weighted by atomic mass is 32.2. The maximum absolute atomic E-state index is 12.2. The zero-order valence-electron chi connectivity index (χ0n) is 15.9. The van der Waals surface area contributed by atoms with Crippen LogP contribution in [0.15, 0.2) is 47.6 Å². The van der Waals surface area contributed by atoms with Gasteiger partial charge in [0.15, 0.2) is 5.65 Å². The SMILES string of the molecule is COc1ccc2[nH]c3nc(SCC(=O)NCc4ccccc4OC)nnc3c2c1. The Bertz CT molecular complexity index is 1180. The molecule has 8 nitrogen and oxygen atoms in total. The highest BCUT2D eigenvalue weighted by Gasteiger charge is 2.12. The smallest absolute Gasteiger partial charge is 0.230 e. The van der Waals surface area contributed by atoms with E-state index in [0.717, 1.165) is 28.0 Å². The summed E-state index contributed by atoms with van der Waals surface area (Å²) in [5.74, 6) is 1.56. The fourth-order valence-corrected chi connectivity index (χ4v) is 3.56. The van der Waals surface area contributed by atoms with Gasteiger partial charge >= 0.3 is 0 Å². The molecule has 1 amide bonds. The van der Waals surface area contributed by atoms with Crippen LogP contribution in [-0.2, 0) is 11.3 Å². The molecule has 0 spiro atoms. The molecule has 0 aliphatic carbocycles. The van der Waals surface area contributed by atoms with Crippen LogP contribution in [0.25, 0.3) is 22.1 Å². The van der Waals surface area contributed by atoms with Gasteiger partial charge in [-0.2, -0.15) is 0 Å². The number of amides is 1. The Balaban J connectivity index is 1.41. The lowest BCUT2D eigenvalue weighted by Gasteiger charge is -2.09. The van der Waals surface area contributed by atoms with E-state index >= 15 is 0 Å². The van der Waals surface area contributed by atoms with Crippen molar-refractivity contribution in [1.29, 1.82) is 0 Å². The molecular weight excluding hydrogens is 390 g/mol. The molecule has 0 saturated heterocycles. The number of hydrogen-bond acceptors (Lipinski definition) is 7. The van der Waals surface area contributed by atoms with Crippen molar-refractivity contribution in [1.82, 2.24) is 25.5 Å². The molecule has 0 aliphatic rings. The number of ether oxygens (including phenoxy) is 2. The number of benzene rings is 2. The monoisotopic (exact) mass is 409 g/mol. The fraction of sp³-hybridized carbons (Fsp3) is 0.200. The summed E-state index contributed by atoms with van der Waals surface area (Å²) < 4.78 is 10.6. The number of nitrogens with zero attached hydrogens (tertiary/aromatic N) is 3. The average molecular weight is 409 g/mol. The average Bonchev–Trinajstić information content (AvgIpc) is 3.13. The summed E-state index contributed by atoms with van der Waals surface area (Å²) in [4.78, 5) is 19.9. The van der Waals surface area contributed by atoms with Gasteiger partial charge in [0.2, 0.25) is 11.1 Å². The summed E-state index contributed by atoms with van der Waals surface area (Å²) in [6, 6.07) is 13.2. The predicted molar refractivity (Wildman–Crippen MR) is 111 cm³/mol. The number of nitrogens with one attached hydrogen (secondary N) is 2. The van der Waals surface area contributed by atoms with E-state index in [-0.39, 0.29) is 11.7 Å². The van der Waals surface area contributed by atoms with Crippen LogP contribution < -0.4 is 14.8 Å². The van der Waals surface area contributed by atoms with Gasteiger partial charge in [-0.1, -0.05) is 30.0 Å². The Kier molecular flexibility index (Phi) is 5.48. The van der Waals surface area contributed by atoms with E-state index < -0.39 is 0 Å². The van der Waals surface area contributed by atoms with E-state index in [2.05, 4.69) is 25.5 Å². The number of rotatable bonds is 7. The highest BCUT2D eigenvalue weighted by molar-refractivity contribution is 7.99. The molecule has 0 aliphatic heterocycles. The molecule has 0 bridgehead atoms. The van der Waals surface area contributed by atoms with Crippen molar-refractivity contribution in [2.75, 3.05) is 20.0 Å². The Morgan fingerprint density at radius 1 is 1.14 bits per heavy atom. The third-order valence-electron chi connectivity index (χ3n) is 4.40. The number of carbonyl (C=O) groups excluding carboxylic acids is 1. The van der Waals surface area contributed by atoms with Crippen molar-refractivity contribution in [2.24, 2.45) is 0 Å². The zero-order valence-corrected chi connectivity index (χ0v) is 16.7. The van der Waals surface area contributed by atoms with E-state index in [1.807, 2.05) is 42.5 Å². The van der Waals surface area contributed by atoms with Crippen molar-refractivity contribution >= 4 is 39.7 Å². The topological polar surface area (TPSA) is 102 Å². The largest absolute Gasteiger partial charge is 0.497 e. The van der Waals surface area contributed by atoms with Crippen LogP contribution >= 0.6 is 11.8 Å². The van der Waals surface area contributed by atoms with Gasteiger partial charge in [0.1, 0.15) is 17.0 Å². The second-order valence-corrected chi connectivity index (χ2v) is 7.15. The molecule has 2 N–H and O–H groups in total. The zero-order chi connectivity index (χ0) is 20.2. The van der Waals surface area contributed by atoms with Gasteiger partial charge < -0.3 is 19.8 Å². The first-order valence-electron chi connectivity index (χ1n) is 8.89. The number of aromatic nitrogens is 4. The second-order valence-electron chi connectivity index (χ2n) is 6.21. The number of thioether (sulfide) groups is 1. The molecule has 9 heteroatoms. The lowest BCUT2D eigenvalue weighted by molar-refractivity contribution is -0.118. The fourth-order valence-electron chi connectivity index (χ4n) is 2.95. The minimum atomic E-state index is -0.119. The quantitative estimate of drug-likeness (QED) is 0.453. The molecule has 4 rings (SSSR count). The molecule has 0 atom stereocenters. The molecule has 0 saturated carbocycles. The number of fused-ring (bicyclic) bond motifs is 3. The summed E-state index contributed by atoms with van der Waals surface area (Å²) in [6.07, 6.45) is 0. The van der Waals surface area contributed by atoms with Gasteiger partial charge in [-0.15, -0.1) is 10.2 Å². The summed E-state index contributed by atoms with van der Waals surface area (Å²) >= 11 is 1.23. The summed E-state index contributed by atoms with van der Waals surface area (Å²) in [5, 5.41) is 12.6. The molecule has 0 radical (unpaired) electrons. The molecule has 29 heavy (non-hydrogen) atoms. The molecule has 2 heterocycles. The molecule has 4 aromatic rings. The third kappa shape index (κ3) is 4.09. The first-order valence-corrected chi connectivity index (χ1v) is 9.88. The number of H-pyrrole nitrogens is 1. The Morgan fingerprint density at radius 2 is 2.00 bits per heavy atom. The van der Waals surface area contributed by atoms with Gasteiger partial charge in [-0.25, -0.2) is 4.98 Å². The van der Waals surface area contributed by atoms with E-state index in [4.69, 9.17) is 9.47 Å². The number of hydrogen-bond donors (Lipinski definition) is 2. The Morgan fingerprint density at radius 3 is 2.83 bits per heavy atom. The number of methoxy groups -OCH3 is 2. The summed E-state index contributed by atoms with van der Waals surface area (Å²) in [5.41, 5.74) is 3.12. The molecule has 2 aromatic heterocycles. The molecule has 148 valence electrons. The van der Waals surface area contributed by atoms with Crippen molar-refractivity contribution in [3.8, 4) is 11.5 Å². The van der Waals surface area contributed by atoms with Crippen molar-refractivity contribution in [3.05, 3.63) is 48.0 Å². The maximum Gasteiger partial charge on any atom is 0.230 e. The van der Waals surface area contributed by atoms with Gasteiger partial charge in [0.25, 0.3) is 0 Å². The summed E-state index contributed by atoms with van der Waals surface area (Å²) in [6.45, 7) is 0.394. The Hall–Kier alpha value is -3.33. The van der Waals surface area contributed by atoms with Crippen LogP contribution in [0.1, 0.15) is 5.56 Å². The van der Waals surface area contributed by atoms with Crippen molar-refractivity contribution in [3.63, 3.8) is 0 Å². The maximum atomic E-state index is 12.2. The highest BCUT2D eigenvalue weighted by Crippen LogP contribution is 2.27. The van der Waals surface area contributed by atoms with Crippen LogP contribution in [0.4, 0.5) is 0 Å². The molecule has 2 aromatic carbocycles. The van der Waals surface area contributed by atoms with Crippen LogP contribution in [0.5, 0.6) is 11.5 Å². The van der Waals surface area contributed by atoms with Gasteiger partial charge in [0.05, 0.1) is 20.0 Å². The van der Waals surface area contributed by atoms with Crippen LogP contribution in [-0.4, -0.2) is 46.0 Å². The third-order valence-corrected chi connectivity index (χ3v) is 5.24. The minimum absolute atomic E-state index is 0.119. The number of para-hydroxylation sites is 1. The van der Waals surface area contributed by atoms with E-state index in [1.54, 1.807) is 14.2 Å². The number of aromatic amines is 1. The van der Waals surface area contributed by atoms with E-state index in [0.29, 0.717) is 22.9 Å². The van der Waals surface area contributed by atoms with Gasteiger partial charge in [-0.05, 0) is 24.3 Å². The van der Waals surface area contributed by atoms with Crippen LogP contribution in [0, 0.1) is 0 Å². The van der Waals surface area contributed by atoms with E-state index in [1.165, 1.54) is 11.8 Å². The lowest BCUT2D eigenvalue weighted by atomic mass is 10.2. The van der Waals surface area contributed by atoms with Gasteiger partial charge in [0, 0.05) is 23.0 Å². The second kappa shape index (κ2) is 8.36. The van der Waals surface area contributed by atoms with Crippen molar-refractivity contribution < 1.29 is 14.3 Å². The van der Waals surface area contributed by atoms with Crippen LogP contribution in [0.3, 0.4) is 0 Å². The summed E-state index contributed by atoms with van der Waals surface area (Å²) in [7, 11) is 3.23. The standard InChI is InChI=1S/C20H19N5O3S/c1-27-13-7-8-15-14(9-13)18-19(22-15)23-20(25-24-18)29-11-17(26)21-10-12-5-3-4-6-16(12)28-2/h3-9H,10-11H2,1-2H3,(H,21,26)(H,22,23,25). The lowest BCUT2D eigenvalue weighted by Crippen LogP contribution is -2.24. The normalized spacial score (nSPS) is 11.0. The first-order chi connectivity index (χ1) is 14.2. The molecular formula is C20H19N5O3S. The van der Waals surface area contributed by atoms with Crippen molar-refractivity contribution in [2.45, 2.75) is 11.7 Å². The Labute approximate surface area is 171 Å². The van der Waals surface area contributed by atoms with Gasteiger partial charge in [-0.3, -0.25) is 4.79 Å².